The van der Waals surface area contributed by atoms with Gasteiger partial charge in [-0.05, 0) is 42.5 Å². The Morgan fingerprint density at radius 2 is 1.89 bits per heavy atom. The number of hydrogen-bond donors (Lipinski definition) is 2. The van der Waals surface area contributed by atoms with Crippen LogP contribution in [0, 0.1) is 0 Å². The van der Waals surface area contributed by atoms with Crippen molar-refractivity contribution in [3.8, 4) is 11.5 Å². The first-order valence-corrected chi connectivity index (χ1v) is 6.32. The maximum absolute atomic E-state index is 9.76. The molecule has 0 atom stereocenters. The Morgan fingerprint density at radius 3 is 2.53 bits per heavy atom. The van der Waals surface area contributed by atoms with Crippen molar-refractivity contribution >= 4 is 34.5 Å². The Labute approximate surface area is 121 Å². The fourth-order valence-electron chi connectivity index (χ4n) is 1.56. The SMILES string of the molecule is COc1ccc(NC(=S)c2cc(Cl)ccc2O)cc1. The van der Waals surface area contributed by atoms with E-state index in [1.807, 2.05) is 24.3 Å². The molecule has 0 amide bonds. The zero-order chi connectivity index (χ0) is 13.8. The van der Waals surface area contributed by atoms with Crippen LogP contribution in [0.2, 0.25) is 5.02 Å². The lowest BCUT2D eigenvalue weighted by Gasteiger charge is -2.10. The Morgan fingerprint density at radius 1 is 1.21 bits per heavy atom. The molecule has 0 aliphatic heterocycles. The average Bonchev–Trinajstić information content (AvgIpc) is 2.42. The van der Waals surface area contributed by atoms with Crippen LogP contribution in [-0.4, -0.2) is 17.2 Å². The van der Waals surface area contributed by atoms with Crippen LogP contribution in [0.4, 0.5) is 5.69 Å². The summed E-state index contributed by atoms with van der Waals surface area (Å²) < 4.78 is 5.08. The lowest BCUT2D eigenvalue weighted by molar-refractivity contribution is 0.415. The largest absolute Gasteiger partial charge is 0.507 e. The minimum absolute atomic E-state index is 0.0930. The van der Waals surface area contributed by atoms with Crippen molar-refractivity contribution < 1.29 is 9.84 Å². The summed E-state index contributed by atoms with van der Waals surface area (Å²) in [5, 5.41) is 13.3. The predicted molar refractivity (Wildman–Crippen MR) is 81.4 cm³/mol. The van der Waals surface area contributed by atoms with Crippen LogP contribution in [-0.2, 0) is 0 Å². The molecule has 0 radical (unpaired) electrons. The molecule has 0 spiro atoms. The molecule has 5 heteroatoms. The zero-order valence-electron chi connectivity index (χ0n) is 10.2. The van der Waals surface area contributed by atoms with Crippen molar-refractivity contribution in [2.45, 2.75) is 0 Å². The van der Waals surface area contributed by atoms with Crippen LogP contribution in [0.1, 0.15) is 5.56 Å². The highest BCUT2D eigenvalue weighted by Crippen LogP contribution is 2.23. The molecular weight excluding hydrogens is 282 g/mol. The molecule has 0 saturated carbocycles. The Balaban J connectivity index is 2.18. The van der Waals surface area contributed by atoms with Gasteiger partial charge in [0.05, 0.1) is 12.7 Å². The van der Waals surface area contributed by atoms with Gasteiger partial charge in [0.25, 0.3) is 0 Å². The Kier molecular flexibility index (Phi) is 4.24. The number of halogens is 1. The van der Waals surface area contributed by atoms with Crippen LogP contribution in [0.15, 0.2) is 42.5 Å². The van der Waals surface area contributed by atoms with Gasteiger partial charge in [0.1, 0.15) is 16.5 Å². The van der Waals surface area contributed by atoms with Crippen molar-refractivity contribution in [3.63, 3.8) is 0 Å². The second-order valence-electron chi connectivity index (χ2n) is 3.84. The molecule has 0 bridgehead atoms. The van der Waals surface area contributed by atoms with Crippen molar-refractivity contribution in [3.05, 3.63) is 53.1 Å². The van der Waals surface area contributed by atoms with Gasteiger partial charge in [0.15, 0.2) is 0 Å². The van der Waals surface area contributed by atoms with Crippen molar-refractivity contribution in [1.82, 2.24) is 0 Å². The van der Waals surface area contributed by atoms with Gasteiger partial charge in [-0.1, -0.05) is 23.8 Å². The standard InChI is InChI=1S/C14H12ClNO2S/c1-18-11-5-3-10(4-6-11)16-14(19)12-8-9(15)2-7-13(12)17/h2-8,17H,1H3,(H,16,19). The summed E-state index contributed by atoms with van der Waals surface area (Å²) in [6, 6.07) is 12.1. The summed E-state index contributed by atoms with van der Waals surface area (Å²) >= 11 is 11.1. The summed E-state index contributed by atoms with van der Waals surface area (Å²) in [7, 11) is 1.61. The molecule has 0 aliphatic rings. The number of phenolic OH excluding ortho intramolecular Hbond substituents is 1. The third-order valence-corrected chi connectivity index (χ3v) is 3.11. The predicted octanol–water partition coefficient (Wildman–Crippen LogP) is 3.84. The highest BCUT2D eigenvalue weighted by Gasteiger charge is 2.08. The minimum Gasteiger partial charge on any atom is -0.507 e. The van der Waals surface area contributed by atoms with Crippen molar-refractivity contribution in [1.29, 1.82) is 0 Å². The van der Waals surface area contributed by atoms with Gasteiger partial charge in [-0.25, -0.2) is 0 Å². The first kappa shape index (κ1) is 13.6. The van der Waals surface area contributed by atoms with Crippen LogP contribution >= 0.6 is 23.8 Å². The molecule has 2 rings (SSSR count). The maximum atomic E-state index is 9.76. The van der Waals surface area contributed by atoms with E-state index in [-0.39, 0.29) is 5.75 Å². The van der Waals surface area contributed by atoms with E-state index in [0.29, 0.717) is 15.6 Å². The normalized spacial score (nSPS) is 10.0. The topological polar surface area (TPSA) is 41.5 Å². The lowest BCUT2D eigenvalue weighted by Crippen LogP contribution is -2.10. The molecule has 0 heterocycles. The van der Waals surface area contributed by atoms with Crippen LogP contribution < -0.4 is 10.1 Å². The van der Waals surface area contributed by atoms with E-state index in [2.05, 4.69) is 5.32 Å². The van der Waals surface area contributed by atoms with Gasteiger partial charge in [0, 0.05) is 10.7 Å². The number of nitrogens with one attached hydrogen (secondary N) is 1. The van der Waals surface area contributed by atoms with Gasteiger partial charge < -0.3 is 15.2 Å². The Bertz CT molecular complexity index is 599. The summed E-state index contributed by atoms with van der Waals surface area (Å²) in [6.45, 7) is 0. The molecule has 0 saturated heterocycles. The third kappa shape index (κ3) is 3.36. The smallest absolute Gasteiger partial charge is 0.125 e. The molecule has 3 nitrogen and oxygen atoms in total. The van der Waals surface area contributed by atoms with Gasteiger partial charge in [-0.3, -0.25) is 0 Å². The molecule has 0 aromatic heterocycles. The molecule has 19 heavy (non-hydrogen) atoms. The average molecular weight is 294 g/mol. The molecule has 2 N–H and O–H groups in total. The van der Waals surface area contributed by atoms with E-state index in [1.165, 1.54) is 6.07 Å². The third-order valence-electron chi connectivity index (χ3n) is 2.55. The second kappa shape index (κ2) is 5.91. The second-order valence-corrected chi connectivity index (χ2v) is 4.69. The van der Waals surface area contributed by atoms with Gasteiger partial charge >= 0.3 is 0 Å². The number of ether oxygens (including phenoxy) is 1. The highest BCUT2D eigenvalue weighted by molar-refractivity contribution is 7.81. The van der Waals surface area contributed by atoms with E-state index < -0.39 is 0 Å². The number of rotatable bonds is 3. The molecule has 0 aliphatic carbocycles. The van der Waals surface area contributed by atoms with Crippen LogP contribution in [0.3, 0.4) is 0 Å². The fourth-order valence-corrected chi connectivity index (χ4v) is 2.02. The molecule has 2 aromatic carbocycles. The number of aromatic hydroxyl groups is 1. The molecule has 0 fully saturated rings. The minimum atomic E-state index is 0.0930. The van der Waals surface area contributed by atoms with E-state index in [4.69, 9.17) is 28.6 Å². The quantitative estimate of drug-likeness (QED) is 0.844. The summed E-state index contributed by atoms with van der Waals surface area (Å²) in [5.74, 6) is 0.859. The first-order chi connectivity index (χ1) is 9.10. The fraction of sp³-hybridized carbons (Fsp3) is 0.0714. The number of benzene rings is 2. The van der Waals surface area contributed by atoms with Gasteiger partial charge in [0.2, 0.25) is 0 Å². The van der Waals surface area contributed by atoms with Gasteiger partial charge in [-0.2, -0.15) is 0 Å². The lowest BCUT2D eigenvalue weighted by atomic mass is 10.2. The van der Waals surface area contributed by atoms with Crippen LogP contribution in [0.5, 0.6) is 11.5 Å². The Hall–Kier alpha value is -1.78. The number of methoxy groups -OCH3 is 1. The highest BCUT2D eigenvalue weighted by atomic mass is 35.5. The van der Waals surface area contributed by atoms with E-state index in [1.54, 1.807) is 19.2 Å². The molecule has 0 unspecified atom stereocenters. The number of phenols is 1. The molecule has 98 valence electrons. The summed E-state index contributed by atoms with van der Waals surface area (Å²) in [6.07, 6.45) is 0. The monoisotopic (exact) mass is 293 g/mol. The molecule has 2 aromatic rings. The zero-order valence-corrected chi connectivity index (χ0v) is 11.8. The van der Waals surface area contributed by atoms with Gasteiger partial charge in [-0.15, -0.1) is 0 Å². The van der Waals surface area contributed by atoms with Crippen molar-refractivity contribution in [2.75, 3.05) is 12.4 Å². The summed E-state index contributed by atoms with van der Waals surface area (Å²) in [4.78, 5) is 0.408. The molecular formula is C14H12ClNO2S. The van der Waals surface area contributed by atoms with E-state index in [9.17, 15) is 5.11 Å². The number of thiocarbonyl (C=S) groups is 1. The van der Waals surface area contributed by atoms with Crippen molar-refractivity contribution in [2.24, 2.45) is 0 Å². The van der Waals surface area contributed by atoms with E-state index >= 15 is 0 Å². The number of anilines is 1. The van der Waals surface area contributed by atoms with Crippen LogP contribution in [0.25, 0.3) is 0 Å². The summed E-state index contributed by atoms with van der Waals surface area (Å²) in [5.41, 5.74) is 1.31. The first-order valence-electron chi connectivity index (χ1n) is 5.54. The maximum Gasteiger partial charge on any atom is 0.125 e. The number of hydrogen-bond acceptors (Lipinski definition) is 3. The van der Waals surface area contributed by atoms with E-state index in [0.717, 1.165) is 11.4 Å².